The second kappa shape index (κ2) is 8.45. The largest absolute Gasteiger partial charge is 0.416 e. The zero-order chi connectivity index (χ0) is 22.8. The summed E-state index contributed by atoms with van der Waals surface area (Å²) >= 11 is 0. The van der Waals surface area contributed by atoms with Gasteiger partial charge in [0, 0.05) is 12.6 Å². The molecule has 0 fully saturated rings. The molecule has 0 radical (unpaired) electrons. The molecular weight excluding hydrogens is 420 g/mol. The van der Waals surface area contributed by atoms with Crippen molar-refractivity contribution in [2.75, 3.05) is 7.05 Å². The molecular formula is C23H17F6NO. The van der Waals surface area contributed by atoms with E-state index in [1.165, 1.54) is 7.05 Å². The van der Waals surface area contributed by atoms with Crippen molar-refractivity contribution >= 4 is 5.91 Å². The minimum atomic E-state index is -5.03. The topological polar surface area (TPSA) is 20.3 Å². The van der Waals surface area contributed by atoms with Crippen molar-refractivity contribution in [2.24, 2.45) is 0 Å². The lowest BCUT2D eigenvalue weighted by Crippen LogP contribution is -2.32. The fourth-order valence-electron chi connectivity index (χ4n) is 3.31. The van der Waals surface area contributed by atoms with Crippen LogP contribution >= 0.6 is 0 Å². The van der Waals surface area contributed by atoms with E-state index in [1.807, 2.05) is 0 Å². The number of carbonyl (C=O) groups excluding carboxylic acids is 1. The first-order valence-electron chi connectivity index (χ1n) is 9.15. The van der Waals surface area contributed by atoms with Crippen LogP contribution in [0.25, 0.3) is 0 Å². The quantitative estimate of drug-likeness (QED) is 0.422. The van der Waals surface area contributed by atoms with Gasteiger partial charge in [-0.3, -0.25) is 4.79 Å². The van der Waals surface area contributed by atoms with Gasteiger partial charge in [0.2, 0.25) is 0 Å². The average Bonchev–Trinajstić information content (AvgIpc) is 2.73. The van der Waals surface area contributed by atoms with Crippen molar-refractivity contribution in [1.82, 2.24) is 4.90 Å². The number of alkyl halides is 6. The summed E-state index contributed by atoms with van der Waals surface area (Å²) in [6.45, 7) is 0. The molecule has 0 aromatic heterocycles. The van der Waals surface area contributed by atoms with Gasteiger partial charge in [-0.05, 0) is 29.3 Å². The van der Waals surface area contributed by atoms with Crippen LogP contribution in [0.5, 0.6) is 0 Å². The molecule has 0 aliphatic heterocycles. The number of hydrogen-bond donors (Lipinski definition) is 0. The van der Waals surface area contributed by atoms with E-state index in [9.17, 15) is 31.1 Å². The molecule has 0 atom stereocenters. The van der Waals surface area contributed by atoms with Gasteiger partial charge in [-0.2, -0.15) is 26.3 Å². The van der Waals surface area contributed by atoms with E-state index in [2.05, 4.69) is 0 Å². The van der Waals surface area contributed by atoms with Gasteiger partial charge in [0.05, 0.1) is 17.2 Å². The maximum Gasteiger partial charge on any atom is 0.416 e. The summed E-state index contributed by atoms with van der Waals surface area (Å²) < 4.78 is 79.2. The number of halogens is 6. The smallest absolute Gasteiger partial charge is 0.331 e. The Morgan fingerprint density at radius 1 is 0.710 bits per heavy atom. The highest BCUT2D eigenvalue weighted by atomic mass is 19.4. The molecule has 3 aromatic rings. The van der Waals surface area contributed by atoms with E-state index < -0.39 is 41.0 Å². The number of rotatable bonds is 4. The van der Waals surface area contributed by atoms with E-state index in [-0.39, 0.29) is 6.07 Å². The summed E-state index contributed by atoms with van der Waals surface area (Å²) in [4.78, 5) is 14.2. The highest BCUT2D eigenvalue weighted by Gasteiger charge is 2.38. The van der Waals surface area contributed by atoms with Gasteiger partial charge >= 0.3 is 12.4 Å². The van der Waals surface area contributed by atoms with Crippen LogP contribution in [0.2, 0.25) is 0 Å². The summed E-state index contributed by atoms with van der Waals surface area (Å²) in [6, 6.07) is 17.6. The minimum absolute atomic E-state index is 0.00263. The number of benzene rings is 3. The Bertz CT molecular complexity index is 973. The Morgan fingerprint density at radius 3 is 1.45 bits per heavy atom. The molecule has 0 saturated carbocycles. The highest BCUT2D eigenvalue weighted by molar-refractivity contribution is 5.95. The van der Waals surface area contributed by atoms with Crippen molar-refractivity contribution in [3.05, 3.63) is 107 Å². The molecule has 8 heteroatoms. The van der Waals surface area contributed by atoms with Crippen molar-refractivity contribution < 1.29 is 31.1 Å². The Balaban J connectivity index is 2.10. The van der Waals surface area contributed by atoms with Crippen molar-refractivity contribution in [3.63, 3.8) is 0 Å². The van der Waals surface area contributed by atoms with Crippen LogP contribution in [0, 0.1) is 0 Å². The third-order valence-corrected chi connectivity index (χ3v) is 4.77. The van der Waals surface area contributed by atoms with E-state index >= 15 is 0 Å². The number of nitrogens with zero attached hydrogens (tertiary/aromatic N) is 1. The number of amides is 1. The first-order chi connectivity index (χ1) is 14.5. The van der Waals surface area contributed by atoms with Crippen LogP contribution in [0.4, 0.5) is 26.3 Å². The van der Waals surface area contributed by atoms with Gasteiger partial charge in [-0.1, -0.05) is 60.7 Å². The Kier molecular flexibility index (Phi) is 6.10. The van der Waals surface area contributed by atoms with E-state index in [0.29, 0.717) is 23.3 Å². The molecule has 0 heterocycles. The van der Waals surface area contributed by atoms with Crippen molar-refractivity contribution in [3.8, 4) is 0 Å². The molecule has 0 saturated heterocycles. The molecule has 3 aromatic carbocycles. The predicted octanol–water partition coefficient (Wildman–Crippen LogP) is 6.59. The van der Waals surface area contributed by atoms with Crippen LogP contribution in [-0.4, -0.2) is 17.9 Å². The minimum Gasteiger partial charge on any atom is -0.331 e. The Labute approximate surface area is 174 Å². The first-order valence-corrected chi connectivity index (χ1v) is 9.15. The lowest BCUT2D eigenvalue weighted by Gasteiger charge is -2.29. The zero-order valence-electron chi connectivity index (χ0n) is 16.2. The van der Waals surface area contributed by atoms with E-state index in [4.69, 9.17) is 0 Å². The molecule has 0 N–H and O–H groups in total. The maximum atomic E-state index is 13.2. The lowest BCUT2D eigenvalue weighted by atomic mass is 9.96. The van der Waals surface area contributed by atoms with Crippen molar-refractivity contribution in [1.29, 1.82) is 0 Å². The summed E-state index contributed by atoms with van der Waals surface area (Å²) in [7, 11) is 1.35. The fourth-order valence-corrected chi connectivity index (χ4v) is 3.31. The van der Waals surface area contributed by atoms with Crippen LogP contribution in [0.15, 0.2) is 78.9 Å². The monoisotopic (exact) mass is 437 g/mol. The molecule has 0 spiro atoms. The third-order valence-electron chi connectivity index (χ3n) is 4.77. The SMILES string of the molecule is CN(C(=O)c1cc(C(F)(F)F)cc(C(F)(F)F)c1)C(c1ccccc1)c1ccccc1. The summed E-state index contributed by atoms with van der Waals surface area (Å²) in [5, 5.41) is 0. The fraction of sp³-hybridized carbons (Fsp3) is 0.174. The summed E-state index contributed by atoms with van der Waals surface area (Å²) in [5.41, 5.74) is -2.44. The number of carbonyl (C=O) groups is 1. The summed E-state index contributed by atoms with van der Waals surface area (Å²) in [6.07, 6.45) is -10.1. The molecule has 162 valence electrons. The standard InChI is InChI=1S/C23H17F6NO/c1-30(20(15-8-4-2-5-9-15)16-10-6-3-7-11-16)21(31)17-12-18(22(24,25)26)14-19(13-17)23(27,28)29/h2-14,20H,1H3. The predicted molar refractivity (Wildman–Crippen MR) is 103 cm³/mol. The average molecular weight is 437 g/mol. The molecule has 2 nitrogen and oxygen atoms in total. The Morgan fingerprint density at radius 2 is 1.10 bits per heavy atom. The molecule has 1 amide bonds. The van der Waals surface area contributed by atoms with Gasteiger partial charge in [-0.15, -0.1) is 0 Å². The zero-order valence-corrected chi connectivity index (χ0v) is 16.2. The van der Waals surface area contributed by atoms with Crippen LogP contribution < -0.4 is 0 Å². The lowest BCUT2D eigenvalue weighted by molar-refractivity contribution is -0.143. The Hall–Kier alpha value is -3.29. The maximum absolute atomic E-state index is 13.2. The van der Waals surface area contributed by atoms with Crippen LogP contribution in [0.3, 0.4) is 0 Å². The molecule has 31 heavy (non-hydrogen) atoms. The highest BCUT2D eigenvalue weighted by Crippen LogP contribution is 2.37. The van der Waals surface area contributed by atoms with Crippen LogP contribution in [0.1, 0.15) is 38.7 Å². The van der Waals surface area contributed by atoms with E-state index in [1.54, 1.807) is 60.7 Å². The van der Waals surface area contributed by atoms with Gasteiger partial charge in [0.15, 0.2) is 0 Å². The normalized spacial score (nSPS) is 12.1. The van der Waals surface area contributed by atoms with Gasteiger partial charge in [0.25, 0.3) is 5.91 Å². The van der Waals surface area contributed by atoms with Crippen molar-refractivity contribution in [2.45, 2.75) is 18.4 Å². The third kappa shape index (κ3) is 5.07. The van der Waals surface area contributed by atoms with Gasteiger partial charge in [0.1, 0.15) is 0 Å². The second-order valence-electron chi connectivity index (χ2n) is 6.93. The summed E-state index contributed by atoms with van der Waals surface area (Å²) in [5.74, 6) is -0.964. The van der Waals surface area contributed by atoms with Crippen LogP contribution in [-0.2, 0) is 12.4 Å². The second-order valence-corrected chi connectivity index (χ2v) is 6.93. The first kappa shape index (κ1) is 22.4. The number of hydrogen-bond acceptors (Lipinski definition) is 1. The molecule has 0 aliphatic rings. The molecule has 3 rings (SSSR count). The molecule has 0 bridgehead atoms. The van der Waals surface area contributed by atoms with Gasteiger partial charge < -0.3 is 4.90 Å². The molecule has 0 unspecified atom stereocenters. The van der Waals surface area contributed by atoms with E-state index in [0.717, 1.165) is 4.90 Å². The van der Waals surface area contributed by atoms with Gasteiger partial charge in [-0.25, -0.2) is 0 Å². The molecule has 0 aliphatic carbocycles.